The van der Waals surface area contributed by atoms with E-state index in [0.29, 0.717) is 18.8 Å². The van der Waals surface area contributed by atoms with Crippen LogP contribution in [-0.4, -0.2) is 17.7 Å². The molecule has 84 valence electrons. The molecule has 0 aliphatic carbocycles. The van der Waals surface area contributed by atoms with Crippen LogP contribution in [0.4, 0.5) is 0 Å². The van der Waals surface area contributed by atoms with Crippen LogP contribution in [0.5, 0.6) is 0 Å². The Balaban J connectivity index is 2.38. The van der Waals surface area contributed by atoms with Crippen LogP contribution in [0.3, 0.4) is 0 Å². The van der Waals surface area contributed by atoms with Crippen LogP contribution in [-0.2, 0) is 11.3 Å². The van der Waals surface area contributed by atoms with Crippen molar-refractivity contribution in [1.82, 2.24) is 0 Å². The van der Waals surface area contributed by atoms with Crippen LogP contribution >= 0.6 is 11.3 Å². The Kier molecular flexibility index (Phi) is 3.22. The molecule has 0 atom stereocenters. The molecule has 0 unspecified atom stereocenters. The van der Waals surface area contributed by atoms with E-state index >= 15 is 0 Å². The molecule has 0 fully saturated rings. The lowest BCUT2D eigenvalue weighted by Crippen LogP contribution is -1.95. The summed E-state index contributed by atoms with van der Waals surface area (Å²) in [6.45, 7) is 3.23. The number of fused-ring (bicyclic) bond motifs is 1. The minimum absolute atomic E-state index is 0.331. The molecule has 0 saturated heterocycles. The van der Waals surface area contributed by atoms with Gasteiger partial charge in [-0.25, -0.2) is 4.79 Å². The number of ether oxygens (including phenoxy) is 1. The van der Waals surface area contributed by atoms with Crippen molar-refractivity contribution in [2.75, 3.05) is 6.61 Å². The van der Waals surface area contributed by atoms with Gasteiger partial charge in [0.15, 0.2) is 0 Å². The van der Waals surface area contributed by atoms with Crippen LogP contribution < -0.4 is 0 Å². The van der Waals surface area contributed by atoms with Gasteiger partial charge in [0.1, 0.15) is 0 Å². The predicted molar refractivity (Wildman–Crippen MR) is 64.1 cm³/mol. The number of carbonyl (C=O) groups is 1. The molecule has 1 aromatic heterocycles. The fraction of sp³-hybridized carbons (Fsp3) is 0.250. The van der Waals surface area contributed by atoms with E-state index in [4.69, 9.17) is 9.84 Å². The number of benzene rings is 1. The summed E-state index contributed by atoms with van der Waals surface area (Å²) in [4.78, 5) is 10.8. The lowest BCUT2D eigenvalue weighted by Gasteiger charge is -2.00. The van der Waals surface area contributed by atoms with E-state index in [9.17, 15) is 4.79 Å². The van der Waals surface area contributed by atoms with Gasteiger partial charge < -0.3 is 9.84 Å². The summed E-state index contributed by atoms with van der Waals surface area (Å²) in [5, 5.41) is 12.0. The van der Waals surface area contributed by atoms with Crippen molar-refractivity contribution in [2.45, 2.75) is 13.5 Å². The molecule has 1 aromatic carbocycles. The smallest absolute Gasteiger partial charge is 0.335 e. The Morgan fingerprint density at radius 1 is 1.50 bits per heavy atom. The maximum atomic E-state index is 10.8. The molecular weight excluding hydrogens is 224 g/mol. The van der Waals surface area contributed by atoms with Gasteiger partial charge >= 0.3 is 5.97 Å². The lowest BCUT2D eigenvalue weighted by atomic mass is 10.1. The van der Waals surface area contributed by atoms with E-state index < -0.39 is 5.97 Å². The fourth-order valence-electron chi connectivity index (χ4n) is 1.54. The Hall–Kier alpha value is -1.39. The number of rotatable bonds is 4. The highest BCUT2D eigenvalue weighted by molar-refractivity contribution is 7.17. The second kappa shape index (κ2) is 4.63. The van der Waals surface area contributed by atoms with Crippen molar-refractivity contribution < 1.29 is 14.6 Å². The second-order valence-electron chi connectivity index (χ2n) is 3.41. The number of carboxylic acid groups (broad SMARTS) is 1. The Morgan fingerprint density at radius 3 is 3.00 bits per heavy atom. The molecule has 0 aliphatic rings. The first-order valence-electron chi connectivity index (χ1n) is 5.03. The molecule has 0 aliphatic heterocycles. The summed E-state index contributed by atoms with van der Waals surface area (Å²) < 4.78 is 6.35. The molecule has 2 rings (SSSR count). The highest BCUT2D eigenvalue weighted by Gasteiger charge is 2.08. The van der Waals surface area contributed by atoms with Gasteiger partial charge in [0, 0.05) is 11.3 Å². The van der Waals surface area contributed by atoms with Crippen molar-refractivity contribution in [3.63, 3.8) is 0 Å². The average Bonchev–Trinajstić information content (AvgIpc) is 2.68. The minimum Gasteiger partial charge on any atom is -0.478 e. The van der Waals surface area contributed by atoms with Crippen molar-refractivity contribution in [3.8, 4) is 0 Å². The number of hydrogen-bond donors (Lipinski definition) is 1. The van der Waals surface area contributed by atoms with E-state index in [2.05, 4.69) is 0 Å². The van der Waals surface area contributed by atoms with Crippen LogP contribution in [0.1, 0.15) is 22.8 Å². The van der Waals surface area contributed by atoms with E-state index in [1.807, 2.05) is 18.4 Å². The third kappa shape index (κ3) is 2.08. The number of thiophene rings is 1. The zero-order valence-corrected chi connectivity index (χ0v) is 9.71. The summed E-state index contributed by atoms with van der Waals surface area (Å²) in [7, 11) is 0. The van der Waals surface area contributed by atoms with Crippen molar-refractivity contribution in [2.24, 2.45) is 0 Å². The first-order valence-corrected chi connectivity index (χ1v) is 5.91. The van der Waals surface area contributed by atoms with Gasteiger partial charge in [0.25, 0.3) is 0 Å². The Bertz CT molecular complexity index is 516. The molecule has 0 amide bonds. The molecule has 0 bridgehead atoms. The van der Waals surface area contributed by atoms with Crippen molar-refractivity contribution in [3.05, 3.63) is 34.7 Å². The normalized spacial score (nSPS) is 10.8. The van der Waals surface area contributed by atoms with E-state index in [1.165, 1.54) is 0 Å². The molecule has 2 aromatic rings. The van der Waals surface area contributed by atoms with E-state index in [-0.39, 0.29) is 0 Å². The predicted octanol–water partition coefficient (Wildman–Crippen LogP) is 3.14. The highest BCUT2D eigenvalue weighted by atomic mass is 32.1. The van der Waals surface area contributed by atoms with Gasteiger partial charge in [-0.15, -0.1) is 11.3 Å². The maximum Gasteiger partial charge on any atom is 0.335 e. The molecular formula is C12H12O3S. The van der Waals surface area contributed by atoms with Crippen molar-refractivity contribution in [1.29, 1.82) is 0 Å². The molecule has 16 heavy (non-hydrogen) atoms. The van der Waals surface area contributed by atoms with Crippen LogP contribution in [0, 0.1) is 0 Å². The summed E-state index contributed by atoms with van der Waals surface area (Å²) in [5.41, 5.74) is 1.45. The molecule has 4 heteroatoms. The van der Waals surface area contributed by atoms with Crippen molar-refractivity contribution >= 4 is 27.4 Å². The first-order chi connectivity index (χ1) is 7.72. The quantitative estimate of drug-likeness (QED) is 0.887. The van der Waals surface area contributed by atoms with Gasteiger partial charge in [-0.2, -0.15) is 0 Å². The summed E-state index contributed by atoms with van der Waals surface area (Å²) >= 11 is 1.55. The third-order valence-corrected chi connectivity index (χ3v) is 3.36. The third-order valence-electron chi connectivity index (χ3n) is 2.36. The topological polar surface area (TPSA) is 46.5 Å². The molecule has 1 heterocycles. The number of aromatic carboxylic acids is 1. The fourth-order valence-corrected chi connectivity index (χ4v) is 2.53. The summed E-state index contributed by atoms with van der Waals surface area (Å²) in [6, 6.07) is 5.19. The van der Waals surface area contributed by atoms with E-state index in [1.54, 1.807) is 23.5 Å². The zero-order chi connectivity index (χ0) is 11.5. The average molecular weight is 236 g/mol. The Labute approximate surface area is 97.3 Å². The lowest BCUT2D eigenvalue weighted by molar-refractivity contribution is 0.0697. The maximum absolute atomic E-state index is 10.8. The van der Waals surface area contributed by atoms with Gasteiger partial charge in [-0.1, -0.05) is 6.07 Å². The molecule has 3 nitrogen and oxygen atoms in total. The minimum atomic E-state index is -0.887. The second-order valence-corrected chi connectivity index (χ2v) is 4.33. The molecule has 0 spiro atoms. The number of carboxylic acids is 1. The SMILES string of the molecule is CCOCc1csc2cc(C(=O)O)ccc12. The van der Waals surface area contributed by atoms with Gasteiger partial charge in [0.05, 0.1) is 12.2 Å². The van der Waals surface area contributed by atoms with Crippen LogP contribution in [0.2, 0.25) is 0 Å². The van der Waals surface area contributed by atoms with Gasteiger partial charge in [0.2, 0.25) is 0 Å². The monoisotopic (exact) mass is 236 g/mol. The first kappa shape index (κ1) is 11.1. The highest BCUT2D eigenvalue weighted by Crippen LogP contribution is 2.27. The number of hydrogen-bond acceptors (Lipinski definition) is 3. The van der Waals surface area contributed by atoms with E-state index in [0.717, 1.165) is 15.6 Å². The molecule has 1 N–H and O–H groups in total. The molecule has 0 saturated carbocycles. The zero-order valence-electron chi connectivity index (χ0n) is 8.90. The van der Waals surface area contributed by atoms with Crippen LogP contribution in [0.25, 0.3) is 10.1 Å². The van der Waals surface area contributed by atoms with Gasteiger partial charge in [-0.3, -0.25) is 0 Å². The van der Waals surface area contributed by atoms with Gasteiger partial charge in [-0.05, 0) is 35.4 Å². The largest absolute Gasteiger partial charge is 0.478 e. The summed E-state index contributed by atoms with van der Waals surface area (Å²) in [6.07, 6.45) is 0. The summed E-state index contributed by atoms with van der Waals surface area (Å²) in [5.74, 6) is -0.887. The Morgan fingerprint density at radius 2 is 2.31 bits per heavy atom. The van der Waals surface area contributed by atoms with Crippen LogP contribution in [0.15, 0.2) is 23.6 Å². The molecule has 0 radical (unpaired) electrons. The standard InChI is InChI=1S/C12H12O3S/c1-2-15-6-9-7-16-11-5-8(12(13)14)3-4-10(9)11/h3-5,7H,2,6H2,1H3,(H,13,14).